The van der Waals surface area contributed by atoms with Gasteiger partial charge in [-0.2, -0.15) is 5.10 Å². The van der Waals surface area contributed by atoms with E-state index in [1.54, 1.807) is 25.6 Å². The van der Waals surface area contributed by atoms with Crippen molar-refractivity contribution in [3.05, 3.63) is 11.4 Å². The third-order valence-corrected chi connectivity index (χ3v) is 6.23. The Bertz CT molecular complexity index is 615. The quantitative estimate of drug-likeness (QED) is 0.798. The number of nitrogens with zero attached hydrogens (tertiary/aromatic N) is 3. The van der Waals surface area contributed by atoms with E-state index in [4.69, 9.17) is 5.73 Å². The van der Waals surface area contributed by atoms with E-state index in [-0.39, 0.29) is 4.90 Å². The van der Waals surface area contributed by atoms with Crippen LogP contribution in [0.2, 0.25) is 0 Å². The predicted molar refractivity (Wildman–Crippen MR) is 81.5 cm³/mol. The van der Waals surface area contributed by atoms with E-state index >= 15 is 0 Å². The first kappa shape index (κ1) is 16.4. The molecule has 0 amide bonds. The standard InChI is InChI=1S/C13H25N5O2S/c1-10-12(11(2)18(4)15-10)21(19,20)16-13(9-14)5-7-17(3)8-6-13/h16H,5-9,14H2,1-4H3. The second-order valence-corrected chi connectivity index (χ2v) is 7.64. The lowest BCUT2D eigenvalue weighted by Gasteiger charge is -2.40. The fraction of sp³-hybridized carbons (Fsp3) is 0.769. The largest absolute Gasteiger partial charge is 0.329 e. The van der Waals surface area contributed by atoms with E-state index in [1.807, 2.05) is 7.05 Å². The Balaban J connectivity index is 2.32. The molecule has 0 spiro atoms. The number of aromatic nitrogens is 2. The maximum absolute atomic E-state index is 12.8. The van der Waals surface area contributed by atoms with Crippen LogP contribution >= 0.6 is 0 Å². The van der Waals surface area contributed by atoms with Crippen LogP contribution in [-0.2, 0) is 17.1 Å². The van der Waals surface area contributed by atoms with E-state index in [1.165, 1.54) is 0 Å². The molecule has 0 aromatic carbocycles. The minimum Gasteiger partial charge on any atom is -0.329 e. The van der Waals surface area contributed by atoms with Crippen LogP contribution < -0.4 is 10.5 Å². The van der Waals surface area contributed by atoms with Gasteiger partial charge >= 0.3 is 0 Å². The van der Waals surface area contributed by atoms with Crippen molar-refractivity contribution in [2.45, 2.75) is 37.1 Å². The molecule has 1 aromatic rings. The molecule has 21 heavy (non-hydrogen) atoms. The van der Waals surface area contributed by atoms with Gasteiger partial charge in [-0.1, -0.05) is 0 Å². The summed E-state index contributed by atoms with van der Waals surface area (Å²) in [6.07, 6.45) is 1.44. The van der Waals surface area contributed by atoms with Gasteiger partial charge in [-0.25, -0.2) is 13.1 Å². The number of sulfonamides is 1. The minimum absolute atomic E-state index is 0.275. The highest BCUT2D eigenvalue weighted by molar-refractivity contribution is 7.89. The predicted octanol–water partition coefficient (Wildman–Crippen LogP) is -0.262. The van der Waals surface area contributed by atoms with Gasteiger partial charge in [-0.3, -0.25) is 4.68 Å². The highest BCUT2D eigenvalue weighted by Crippen LogP contribution is 2.25. The first-order valence-corrected chi connectivity index (χ1v) is 8.62. The lowest BCUT2D eigenvalue weighted by atomic mass is 9.89. The molecule has 1 aliphatic rings. The van der Waals surface area contributed by atoms with Crippen LogP contribution in [0, 0.1) is 13.8 Å². The Labute approximate surface area is 126 Å². The van der Waals surface area contributed by atoms with E-state index in [0.717, 1.165) is 25.9 Å². The average Bonchev–Trinajstić information content (AvgIpc) is 2.66. The van der Waals surface area contributed by atoms with Crippen molar-refractivity contribution in [1.29, 1.82) is 0 Å². The van der Waals surface area contributed by atoms with Crippen LogP contribution in [0.15, 0.2) is 4.90 Å². The topological polar surface area (TPSA) is 93.2 Å². The number of rotatable bonds is 4. The van der Waals surface area contributed by atoms with Crippen molar-refractivity contribution in [3.8, 4) is 0 Å². The van der Waals surface area contributed by atoms with Gasteiger partial charge in [0, 0.05) is 19.1 Å². The highest BCUT2D eigenvalue weighted by Gasteiger charge is 2.38. The van der Waals surface area contributed by atoms with Crippen molar-refractivity contribution in [2.75, 3.05) is 26.7 Å². The summed E-state index contributed by atoms with van der Waals surface area (Å²) in [5, 5.41) is 4.19. The lowest BCUT2D eigenvalue weighted by Crippen LogP contribution is -2.58. The van der Waals surface area contributed by atoms with Crippen LogP contribution in [0.1, 0.15) is 24.2 Å². The SMILES string of the molecule is Cc1nn(C)c(C)c1S(=O)(=O)NC1(CN)CCN(C)CC1. The monoisotopic (exact) mass is 315 g/mol. The molecule has 8 heteroatoms. The molecule has 2 rings (SSSR count). The van der Waals surface area contributed by atoms with Crippen LogP contribution in [0.5, 0.6) is 0 Å². The Hall–Kier alpha value is -0.960. The number of aryl methyl sites for hydroxylation is 2. The Morgan fingerprint density at radius 2 is 1.86 bits per heavy atom. The summed E-state index contributed by atoms with van der Waals surface area (Å²) in [6, 6.07) is 0. The van der Waals surface area contributed by atoms with E-state index in [0.29, 0.717) is 17.9 Å². The first-order valence-electron chi connectivity index (χ1n) is 7.13. The van der Waals surface area contributed by atoms with E-state index in [2.05, 4.69) is 14.7 Å². The second-order valence-electron chi connectivity index (χ2n) is 6.02. The van der Waals surface area contributed by atoms with Gasteiger partial charge in [-0.15, -0.1) is 0 Å². The van der Waals surface area contributed by atoms with Crippen LogP contribution in [0.3, 0.4) is 0 Å². The molecule has 0 aliphatic carbocycles. The summed E-state index contributed by atoms with van der Waals surface area (Å²) in [7, 11) is 0.157. The zero-order valence-corrected chi connectivity index (χ0v) is 14.0. The molecular formula is C13H25N5O2S. The lowest BCUT2D eigenvalue weighted by molar-refractivity contribution is 0.182. The summed E-state index contributed by atoms with van der Waals surface area (Å²) < 4.78 is 30.0. The summed E-state index contributed by atoms with van der Waals surface area (Å²) in [4.78, 5) is 2.46. The van der Waals surface area contributed by atoms with Crippen molar-refractivity contribution >= 4 is 10.0 Å². The number of hydrogen-bond acceptors (Lipinski definition) is 5. The van der Waals surface area contributed by atoms with Gasteiger partial charge in [0.15, 0.2) is 0 Å². The molecule has 120 valence electrons. The molecule has 1 saturated heterocycles. The summed E-state index contributed by atoms with van der Waals surface area (Å²) in [5.74, 6) is 0. The molecule has 0 saturated carbocycles. The molecule has 1 aliphatic heterocycles. The Morgan fingerprint density at radius 3 is 2.29 bits per heavy atom. The van der Waals surface area contributed by atoms with Gasteiger partial charge < -0.3 is 10.6 Å². The zero-order valence-electron chi connectivity index (χ0n) is 13.2. The van der Waals surface area contributed by atoms with Crippen molar-refractivity contribution in [1.82, 2.24) is 19.4 Å². The Morgan fingerprint density at radius 1 is 1.29 bits per heavy atom. The van der Waals surface area contributed by atoms with Gasteiger partial charge in [0.2, 0.25) is 10.0 Å². The van der Waals surface area contributed by atoms with Crippen LogP contribution in [0.4, 0.5) is 0 Å². The van der Waals surface area contributed by atoms with Gasteiger partial charge in [0.25, 0.3) is 0 Å². The molecule has 1 fully saturated rings. The second kappa shape index (κ2) is 5.68. The molecular weight excluding hydrogens is 290 g/mol. The van der Waals surface area contributed by atoms with Gasteiger partial charge in [-0.05, 0) is 46.8 Å². The normalized spacial score (nSPS) is 19.9. The molecule has 3 N–H and O–H groups in total. The molecule has 0 unspecified atom stereocenters. The summed E-state index contributed by atoms with van der Waals surface area (Å²) in [6.45, 7) is 5.46. The molecule has 0 radical (unpaired) electrons. The summed E-state index contributed by atoms with van der Waals surface area (Å²) >= 11 is 0. The average molecular weight is 315 g/mol. The molecule has 2 heterocycles. The van der Waals surface area contributed by atoms with Gasteiger partial charge in [0.05, 0.1) is 11.4 Å². The first-order chi connectivity index (χ1) is 9.71. The van der Waals surface area contributed by atoms with E-state index in [9.17, 15) is 8.42 Å². The number of nitrogens with one attached hydrogen (secondary N) is 1. The number of piperidine rings is 1. The van der Waals surface area contributed by atoms with Crippen LogP contribution in [0.25, 0.3) is 0 Å². The van der Waals surface area contributed by atoms with Crippen LogP contribution in [-0.4, -0.2) is 55.3 Å². The molecule has 1 aromatic heterocycles. The summed E-state index contributed by atoms with van der Waals surface area (Å²) in [5.41, 5.74) is 6.48. The van der Waals surface area contributed by atoms with Crippen molar-refractivity contribution < 1.29 is 8.42 Å². The zero-order chi connectivity index (χ0) is 15.8. The Kier molecular flexibility index (Phi) is 4.44. The maximum atomic E-state index is 12.8. The third-order valence-electron chi connectivity index (χ3n) is 4.40. The third kappa shape index (κ3) is 3.13. The molecule has 7 nitrogen and oxygen atoms in total. The maximum Gasteiger partial charge on any atom is 0.244 e. The highest BCUT2D eigenvalue weighted by atomic mass is 32.2. The number of hydrogen-bond donors (Lipinski definition) is 2. The fourth-order valence-corrected chi connectivity index (χ4v) is 4.78. The van der Waals surface area contributed by atoms with Crippen molar-refractivity contribution in [2.24, 2.45) is 12.8 Å². The number of nitrogens with two attached hydrogens (primary N) is 1. The minimum atomic E-state index is -3.62. The smallest absolute Gasteiger partial charge is 0.244 e. The number of likely N-dealkylation sites (tertiary alicyclic amines) is 1. The van der Waals surface area contributed by atoms with Gasteiger partial charge in [0.1, 0.15) is 4.90 Å². The fourth-order valence-electron chi connectivity index (χ4n) is 2.87. The molecule has 0 atom stereocenters. The molecule has 0 bridgehead atoms. The van der Waals surface area contributed by atoms with E-state index < -0.39 is 15.6 Å². The van der Waals surface area contributed by atoms with Crippen molar-refractivity contribution in [3.63, 3.8) is 0 Å².